The molecule has 0 atom stereocenters. The number of hydrogen-bond acceptors (Lipinski definition) is 2. The molecule has 3 nitrogen and oxygen atoms in total. The lowest BCUT2D eigenvalue weighted by Crippen LogP contribution is -1.94. The second-order valence-electron chi connectivity index (χ2n) is 4.57. The van der Waals surface area contributed by atoms with Crippen LogP contribution in [0.4, 0.5) is 0 Å². The number of imidazole rings is 1. The van der Waals surface area contributed by atoms with Gasteiger partial charge in [0.15, 0.2) is 5.65 Å². The molecule has 2 heterocycles. The molecule has 0 N–H and O–H groups in total. The molecular weight excluding hydrogens is 270 g/mol. The maximum Gasteiger partial charge on any atom is 0.154 e. The molecule has 0 fully saturated rings. The van der Waals surface area contributed by atoms with Crippen LogP contribution in [0, 0.1) is 0 Å². The van der Waals surface area contributed by atoms with Gasteiger partial charge in [-0.2, -0.15) is 5.10 Å². The van der Waals surface area contributed by atoms with E-state index >= 15 is 0 Å². The lowest BCUT2D eigenvalue weighted by atomic mass is 10.1. The minimum absolute atomic E-state index is 0.698. The van der Waals surface area contributed by atoms with Gasteiger partial charge in [-0.1, -0.05) is 41.9 Å². The molecule has 0 aliphatic rings. The fraction of sp³-hybridized carbons (Fsp3) is 0. The first-order valence-electron chi connectivity index (χ1n) is 6.32. The Morgan fingerprint density at radius 1 is 0.850 bits per heavy atom. The Kier molecular flexibility index (Phi) is 2.47. The predicted octanol–water partition coefficient (Wildman–Crippen LogP) is 4.20. The van der Waals surface area contributed by atoms with Crippen molar-refractivity contribution in [1.29, 1.82) is 0 Å². The molecule has 4 rings (SSSR count). The summed E-state index contributed by atoms with van der Waals surface area (Å²) >= 11 is 6.24. The second kappa shape index (κ2) is 4.32. The van der Waals surface area contributed by atoms with E-state index in [1.807, 2.05) is 65.2 Å². The van der Waals surface area contributed by atoms with Crippen molar-refractivity contribution < 1.29 is 0 Å². The highest BCUT2D eigenvalue weighted by atomic mass is 35.5. The molecule has 0 aliphatic heterocycles. The van der Waals surface area contributed by atoms with Crippen LogP contribution < -0.4 is 0 Å². The average molecular weight is 280 g/mol. The smallest absolute Gasteiger partial charge is 0.154 e. The number of rotatable bonds is 1. The zero-order valence-corrected chi connectivity index (χ0v) is 11.2. The molecular formula is C16H10ClN3. The largest absolute Gasteiger partial charge is 0.227 e. The third-order valence-corrected chi connectivity index (χ3v) is 3.64. The van der Waals surface area contributed by atoms with Crippen LogP contribution in [-0.2, 0) is 0 Å². The maximum atomic E-state index is 6.24. The molecule has 4 heteroatoms. The van der Waals surface area contributed by atoms with Crippen molar-refractivity contribution in [3.63, 3.8) is 0 Å². The molecule has 0 bridgehead atoms. The minimum atomic E-state index is 0.698. The van der Waals surface area contributed by atoms with E-state index in [1.165, 1.54) is 0 Å². The summed E-state index contributed by atoms with van der Waals surface area (Å²) < 4.78 is 1.86. The van der Waals surface area contributed by atoms with Crippen molar-refractivity contribution in [3.8, 4) is 11.3 Å². The normalized spacial score (nSPS) is 11.2. The molecule has 0 radical (unpaired) electrons. The molecule has 0 saturated carbocycles. The Morgan fingerprint density at radius 3 is 2.55 bits per heavy atom. The number of fused-ring (bicyclic) bond motifs is 3. The van der Waals surface area contributed by atoms with E-state index < -0.39 is 0 Å². The van der Waals surface area contributed by atoms with Gasteiger partial charge in [0.2, 0.25) is 0 Å². The van der Waals surface area contributed by atoms with Gasteiger partial charge >= 0.3 is 0 Å². The summed E-state index contributed by atoms with van der Waals surface area (Å²) in [7, 11) is 0. The van der Waals surface area contributed by atoms with Crippen molar-refractivity contribution >= 4 is 28.3 Å². The Balaban J connectivity index is 2.03. The molecule has 0 amide bonds. The Morgan fingerprint density at radius 2 is 1.65 bits per heavy atom. The van der Waals surface area contributed by atoms with Gasteiger partial charge in [-0.25, -0.2) is 9.50 Å². The highest BCUT2D eigenvalue weighted by Crippen LogP contribution is 2.26. The van der Waals surface area contributed by atoms with Crippen molar-refractivity contribution in [2.75, 3.05) is 0 Å². The predicted molar refractivity (Wildman–Crippen MR) is 80.9 cm³/mol. The molecule has 0 saturated heterocycles. The van der Waals surface area contributed by atoms with Gasteiger partial charge in [0.05, 0.1) is 21.7 Å². The first-order valence-corrected chi connectivity index (χ1v) is 6.70. The third-order valence-electron chi connectivity index (χ3n) is 3.31. The van der Waals surface area contributed by atoms with Crippen molar-refractivity contribution in [2.45, 2.75) is 0 Å². The fourth-order valence-corrected chi connectivity index (χ4v) is 2.58. The summed E-state index contributed by atoms with van der Waals surface area (Å²) in [6, 6.07) is 19.6. The summed E-state index contributed by atoms with van der Waals surface area (Å²) in [5.74, 6) is 0. The first-order chi connectivity index (χ1) is 9.83. The number of hydrogen-bond donors (Lipinski definition) is 0. The lowest BCUT2D eigenvalue weighted by Gasteiger charge is -2.04. The summed E-state index contributed by atoms with van der Waals surface area (Å²) in [5.41, 5.74) is 4.54. The van der Waals surface area contributed by atoms with E-state index in [2.05, 4.69) is 10.1 Å². The van der Waals surface area contributed by atoms with Gasteiger partial charge in [-0.05, 0) is 30.3 Å². The summed E-state index contributed by atoms with van der Waals surface area (Å²) in [6.45, 7) is 0. The fourth-order valence-electron chi connectivity index (χ4n) is 2.35. The number of aromatic nitrogens is 3. The number of benzene rings is 2. The highest BCUT2D eigenvalue weighted by molar-refractivity contribution is 6.33. The highest BCUT2D eigenvalue weighted by Gasteiger charge is 2.08. The van der Waals surface area contributed by atoms with Crippen molar-refractivity contribution in [1.82, 2.24) is 14.6 Å². The molecule has 4 aromatic rings. The zero-order chi connectivity index (χ0) is 13.5. The summed E-state index contributed by atoms with van der Waals surface area (Å²) in [6.07, 6.45) is 0. The third kappa shape index (κ3) is 1.67. The summed E-state index contributed by atoms with van der Waals surface area (Å²) in [5, 5.41) is 5.36. The van der Waals surface area contributed by atoms with Crippen LogP contribution in [0.15, 0.2) is 60.7 Å². The molecule has 96 valence electrons. The van der Waals surface area contributed by atoms with Gasteiger partial charge < -0.3 is 0 Å². The van der Waals surface area contributed by atoms with Gasteiger partial charge in [-0.3, -0.25) is 0 Å². The zero-order valence-electron chi connectivity index (χ0n) is 10.5. The topological polar surface area (TPSA) is 30.2 Å². The maximum absolute atomic E-state index is 6.24. The van der Waals surface area contributed by atoms with Gasteiger partial charge in [0.25, 0.3) is 0 Å². The van der Waals surface area contributed by atoms with Crippen LogP contribution in [0.25, 0.3) is 27.9 Å². The van der Waals surface area contributed by atoms with Gasteiger partial charge in [0.1, 0.15) is 0 Å². The molecule has 0 unspecified atom stereocenters. The van der Waals surface area contributed by atoms with Crippen LogP contribution in [0.3, 0.4) is 0 Å². The summed E-state index contributed by atoms with van der Waals surface area (Å²) in [4.78, 5) is 4.54. The van der Waals surface area contributed by atoms with E-state index in [4.69, 9.17) is 11.6 Å². The van der Waals surface area contributed by atoms with Crippen LogP contribution in [0.2, 0.25) is 5.02 Å². The Labute approximate surface area is 120 Å². The van der Waals surface area contributed by atoms with E-state index in [9.17, 15) is 0 Å². The second-order valence-corrected chi connectivity index (χ2v) is 4.98. The van der Waals surface area contributed by atoms with Crippen molar-refractivity contribution in [3.05, 3.63) is 65.7 Å². The SMILES string of the molecule is Clc1ccccc1-c1ccc2nc3ccccc3n2n1. The van der Waals surface area contributed by atoms with Crippen LogP contribution in [0.1, 0.15) is 0 Å². The van der Waals surface area contributed by atoms with Crippen LogP contribution >= 0.6 is 11.6 Å². The van der Waals surface area contributed by atoms with Crippen molar-refractivity contribution in [2.24, 2.45) is 0 Å². The number of para-hydroxylation sites is 2. The van der Waals surface area contributed by atoms with Crippen LogP contribution in [-0.4, -0.2) is 14.6 Å². The monoisotopic (exact) mass is 279 g/mol. The van der Waals surface area contributed by atoms with E-state index in [-0.39, 0.29) is 0 Å². The van der Waals surface area contributed by atoms with Gasteiger partial charge in [0, 0.05) is 5.56 Å². The Bertz CT molecular complexity index is 927. The number of nitrogens with zero attached hydrogens (tertiary/aromatic N) is 3. The number of halogens is 1. The molecule has 0 aliphatic carbocycles. The Hall–Kier alpha value is -2.39. The van der Waals surface area contributed by atoms with Gasteiger partial charge in [-0.15, -0.1) is 0 Å². The lowest BCUT2D eigenvalue weighted by molar-refractivity contribution is 0.972. The average Bonchev–Trinajstić information content (AvgIpc) is 2.85. The quantitative estimate of drug-likeness (QED) is 0.523. The minimum Gasteiger partial charge on any atom is -0.227 e. The van der Waals surface area contributed by atoms with E-state index in [0.29, 0.717) is 5.02 Å². The van der Waals surface area contributed by atoms with E-state index in [1.54, 1.807) is 0 Å². The molecule has 0 spiro atoms. The molecule has 2 aromatic carbocycles. The first kappa shape index (κ1) is 11.4. The molecule has 2 aromatic heterocycles. The van der Waals surface area contributed by atoms with Crippen LogP contribution in [0.5, 0.6) is 0 Å². The standard InChI is InChI=1S/C16H10ClN3/c17-12-6-2-1-5-11(12)13-9-10-16-18-14-7-3-4-8-15(14)20(16)19-13/h1-10H. The van der Waals surface area contributed by atoms with E-state index in [0.717, 1.165) is 27.9 Å². The molecule has 20 heavy (non-hydrogen) atoms.